The summed E-state index contributed by atoms with van der Waals surface area (Å²) in [5.41, 5.74) is 0. The third kappa shape index (κ3) is 3.56. The first kappa shape index (κ1) is 14.1. The van der Waals surface area contributed by atoms with Crippen molar-refractivity contribution in [3.8, 4) is 0 Å². The summed E-state index contributed by atoms with van der Waals surface area (Å²) < 4.78 is 0. The molecule has 19 heavy (non-hydrogen) atoms. The van der Waals surface area contributed by atoms with E-state index in [1.165, 1.54) is 25.7 Å². The highest BCUT2D eigenvalue weighted by Gasteiger charge is 2.21. The number of likely N-dealkylation sites (N-methyl/N-ethyl adjacent to an activating group) is 2. The highest BCUT2D eigenvalue weighted by Crippen LogP contribution is 2.26. The lowest BCUT2D eigenvalue weighted by Crippen LogP contribution is -2.31. The summed E-state index contributed by atoms with van der Waals surface area (Å²) in [5.74, 6) is 2.03. The average Bonchev–Trinajstić information content (AvgIpc) is 2.98. The van der Waals surface area contributed by atoms with Gasteiger partial charge in [-0.3, -0.25) is 0 Å². The van der Waals surface area contributed by atoms with Gasteiger partial charge in [0.1, 0.15) is 18.0 Å². The van der Waals surface area contributed by atoms with E-state index in [9.17, 15) is 0 Å². The molecule has 1 aromatic heterocycles. The maximum atomic E-state index is 4.42. The maximum Gasteiger partial charge on any atom is 0.134 e. The molecule has 106 valence electrons. The lowest BCUT2D eigenvalue weighted by Gasteiger charge is -2.26. The van der Waals surface area contributed by atoms with Crippen molar-refractivity contribution in [3.63, 3.8) is 0 Å². The fraction of sp³-hybridized carbons (Fsp3) is 0.714. The molecule has 0 spiro atoms. The van der Waals surface area contributed by atoms with E-state index in [4.69, 9.17) is 0 Å². The van der Waals surface area contributed by atoms with Crippen LogP contribution in [-0.4, -0.2) is 50.2 Å². The second-order valence-electron chi connectivity index (χ2n) is 5.31. The van der Waals surface area contributed by atoms with Gasteiger partial charge in [0, 0.05) is 39.3 Å². The number of hydrogen-bond acceptors (Lipinski definition) is 5. The first-order valence-corrected chi connectivity index (χ1v) is 7.13. The lowest BCUT2D eigenvalue weighted by atomic mass is 10.2. The number of anilines is 2. The van der Waals surface area contributed by atoms with E-state index in [1.807, 2.05) is 7.05 Å². The molecule has 5 heteroatoms. The van der Waals surface area contributed by atoms with Gasteiger partial charge in [0.25, 0.3) is 0 Å². The van der Waals surface area contributed by atoms with Crippen molar-refractivity contribution in [2.24, 2.45) is 0 Å². The maximum absolute atomic E-state index is 4.42. The number of nitrogens with one attached hydrogen (secondary N) is 1. The second-order valence-corrected chi connectivity index (χ2v) is 5.31. The Hall–Kier alpha value is -1.36. The van der Waals surface area contributed by atoms with Crippen molar-refractivity contribution in [3.05, 3.63) is 12.4 Å². The number of hydrogen-bond donors (Lipinski definition) is 1. The van der Waals surface area contributed by atoms with E-state index in [2.05, 4.69) is 45.2 Å². The predicted molar refractivity (Wildman–Crippen MR) is 79.9 cm³/mol. The summed E-state index contributed by atoms with van der Waals surface area (Å²) in [7, 11) is 6.18. The van der Waals surface area contributed by atoms with Crippen LogP contribution in [0, 0.1) is 0 Å². The molecular formula is C14H25N5. The van der Waals surface area contributed by atoms with Gasteiger partial charge in [-0.15, -0.1) is 0 Å². The standard InChI is InChI=1S/C14H25N5/c1-15-8-9-18(2)13-10-14(17-11-16-13)19(3)12-6-4-5-7-12/h10-12,15H,4-9H2,1-3H3. The third-order valence-electron chi connectivity index (χ3n) is 3.96. The highest BCUT2D eigenvalue weighted by molar-refractivity contribution is 5.49. The topological polar surface area (TPSA) is 44.3 Å². The smallest absolute Gasteiger partial charge is 0.134 e. The molecule has 1 aliphatic rings. The zero-order valence-corrected chi connectivity index (χ0v) is 12.3. The molecule has 1 saturated carbocycles. The van der Waals surface area contributed by atoms with Crippen LogP contribution in [0.15, 0.2) is 12.4 Å². The van der Waals surface area contributed by atoms with Gasteiger partial charge in [-0.2, -0.15) is 0 Å². The normalized spacial score (nSPS) is 15.7. The van der Waals surface area contributed by atoms with Crippen molar-refractivity contribution in [2.45, 2.75) is 31.7 Å². The van der Waals surface area contributed by atoms with Gasteiger partial charge >= 0.3 is 0 Å². The monoisotopic (exact) mass is 263 g/mol. The van der Waals surface area contributed by atoms with Crippen molar-refractivity contribution in [1.29, 1.82) is 0 Å². The minimum absolute atomic E-state index is 0.644. The first-order chi connectivity index (χ1) is 9.22. The second kappa shape index (κ2) is 6.70. The van der Waals surface area contributed by atoms with Crippen LogP contribution in [0.4, 0.5) is 11.6 Å². The predicted octanol–water partition coefficient (Wildman–Crippen LogP) is 1.51. The van der Waals surface area contributed by atoms with Crippen LogP contribution < -0.4 is 15.1 Å². The number of rotatable bonds is 6. The Morgan fingerprint density at radius 3 is 2.58 bits per heavy atom. The van der Waals surface area contributed by atoms with Crippen molar-refractivity contribution in [2.75, 3.05) is 44.0 Å². The Balaban J connectivity index is 2.05. The largest absolute Gasteiger partial charge is 0.358 e. The SMILES string of the molecule is CNCCN(C)c1cc(N(C)C2CCCC2)ncn1. The Morgan fingerprint density at radius 1 is 1.21 bits per heavy atom. The molecule has 2 rings (SSSR count). The Labute approximate surface area is 116 Å². The van der Waals surface area contributed by atoms with Crippen molar-refractivity contribution >= 4 is 11.6 Å². The van der Waals surface area contributed by atoms with Gasteiger partial charge < -0.3 is 15.1 Å². The van der Waals surface area contributed by atoms with Crippen LogP contribution in [0.3, 0.4) is 0 Å². The summed E-state index contributed by atoms with van der Waals surface area (Å²) in [6, 6.07) is 2.74. The van der Waals surface area contributed by atoms with Crippen LogP contribution in [-0.2, 0) is 0 Å². The van der Waals surface area contributed by atoms with Gasteiger partial charge in [-0.1, -0.05) is 12.8 Å². The molecule has 1 N–H and O–H groups in total. The van der Waals surface area contributed by atoms with Crippen molar-refractivity contribution in [1.82, 2.24) is 15.3 Å². The molecule has 5 nitrogen and oxygen atoms in total. The van der Waals surface area contributed by atoms with Gasteiger partial charge in [0.05, 0.1) is 0 Å². The molecular weight excluding hydrogens is 238 g/mol. The fourth-order valence-corrected chi connectivity index (χ4v) is 2.61. The molecule has 0 aliphatic heterocycles. The summed E-state index contributed by atoms with van der Waals surface area (Å²) >= 11 is 0. The summed E-state index contributed by atoms with van der Waals surface area (Å²) in [6.45, 7) is 1.90. The molecule has 1 aliphatic carbocycles. The van der Waals surface area contributed by atoms with Gasteiger partial charge in [-0.05, 0) is 19.9 Å². The molecule has 0 bridgehead atoms. The number of nitrogens with zero attached hydrogens (tertiary/aromatic N) is 4. The minimum Gasteiger partial charge on any atom is -0.358 e. The Morgan fingerprint density at radius 2 is 1.89 bits per heavy atom. The molecule has 1 aromatic rings. The quantitative estimate of drug-likeness (QED) is 0.843. The average molecular weight is 263 g/mol. The molecule has 1 fully saturated rings. The van der Waals surface area contributed by atoms with E-state index < -0.39 is 0 Å². The molecule has 0 amide bonds. The summed E-state index contributed by atoms with van der Waals surface area (Å²) in [4.78, 5) is 13.2. The van der Waals surface area contributed by atoms with Crippen LogP contribution in [0.25, 0.3) is 0 Å². The fourth-order valence-electron chi connectivity index (χ4n) is 2.61. The number of aromatic nitrogens is 2. The van der Waals surface area contributed by atoms with Crippen LogP contribution in [0.2, 0.25) is 0 Å². The summed E-state index contributed by atoms with van der Waals surface area (Å²) in [5, 5.41) is 3.16. The molecule has 0 atom stereocenters. The highest BCUT2D eigenvalue weighted by atomic mass is 15.2. The first-order valence-electron chi connectivity index (χ1n) is 7.13. The third-order valence-corrected chi connectivity index (χ3v) is 3.96. The van der Waals surface area contributed by atoms with E-state index >= 15 is 0 Å². The van der Waals surface area contributed by atoms with Gasteiger partial charge in [-0.25, -0.2) is 9.97 Å². The summed E-state index contributed by atoms with van der Waals surface area (Å²) in [6.07, 6.45) is 6.92. The zero-order valence-electron chi connectivity index (χ0n) is 12.3. The molecule has 0 radical (unpaired) electrons. The van der Waals surface area contributed by atoms with E-state index in [1.54, 1.807) is 6.33 Å². The van der Waals surface area contributed by atoms with E-state index in [-0.39, 0.29) is 0 Å². The molecule has 0 aromatic carbocycles. The van der Waals surface area contributed by atoms with Crippen LogP contribution >= 0.6 is 0 Å². The van der Waals surface area contributed by atoms with Gasteiger partial charge in [0.15, 0.2) is 0 Å². The van der Waals surface area contributed by atoms with Crippen LogP contribution in [0.5, 0.6) is 0 Å². The zero-order chi connectivity index (χ0) is 13.7. The lowest BCUT2D eigenvalue weighted by molar-refractivity contribution is 0.645. The minimum atomic E-state index is 0.644. The van der Waals surface area contributed by atoms with Crippen LogP contribution in [0.1, 0.15) is 25.7 Å². The molecule has 1 heterocycles. The van der Waals surface area contributed by atoms with E-state index in [0.717, 1.165) is 24.7 Å². The molecule has 0 unspecified atom stereocenters. The Kier molecular flexibility index (Phi) is 4.96. The van der Waals surface area contributed by atoms with Crippen molar-refractivity contribution < 1.29 is 0 Å². The van der Waals surface area contributed by atoms with Gasteiger partial charge in [0.2, 0.25) is 0 Å². The molecule has 0 saturated heterocycles. The van der Waals surface area contributed by atoms with E-state index in [0.29, 0.717) is 6.04 Å². The Bertz CT molecular complexity index is 389.